The number of carbonyl (C=O) groups is 1. The van der Waals surface area contributed by atoms with Gasteiger partial charge in [0.05, 0.1) is 0 Å². The van der Waals surface area contributed by atoms with E-state index < -0.39 is 0 Å². The lowest BCUT2D eigenvalue weighted by molar-refractivity contribution is 0.0700. The van der Waals surface area contributed by atoms with E-state index in [4.69, 9.17) is 4.98 Å². The zero-order chi connectivity index (χ0) is 20.2. The van der Waals surface area contributed by atoms with E-state index >= 15 is 0 Å². The van der Waals surface area contributed by atoms with Crippen LogP contribution in [0.2, 0.25) is 0 Å². The smallest absolute Gasteiger partial charge is 0.272 e. The molecule has 1 fully saturated rings. The van der Waals surface area contributed by atoms with Crippen LogP contribution in [-0.2, 0) is 6.42 Å². The zero-order valence-corrected chi connectivity index (χ0v) is 17.1. The number of hydrogen-bond acceptors (Lipinski definition) is 3. The molecule has 3 heterocycles. The van der Waals surface area contributed by atoms with Gasteiger partial charge in [-0.25, -0.2) is 0 Å². The Morgan fingerprint density at radius 2 is 1.97 bits per heavy atom. The summed E-state index contributed by atoms with van der Waals surface area (Å²) in [5.41, 5.74) is 6.54. The van der Waals surface area contributed by atoms with Crippen LogP contribution in [0.3, 0.4) is 0 Å². The quantitative estimate of drug-likeness (QED) is 0.654. The number of piperidine rings is 1. The van der Waals surface area contributed by atoms with E-state index in [1.54, 1.807) is 12.3 Å². The molecule has 4 nitrogen and oxygen atoms in total. The summed E-state index contributed by atoms with van der Waals surface area (Å²) in [6.45, 7) is 5.68. The van der Waals surface area contributed by atoms with E-state index in [9.17, 15) is 4.79 Å². The topological polar surface area (TPSA) is 46.1 Å². The van der Waals surface area contributed by atoms with Crippen molar-refractivity contribution >= 4 is 5.91 Å². The molecule has 2 aromatic heterocycles. The molecule has 29 heavy (non-hydrogen) atoms. The molecule has 148 valence electrons. The summed E-state index contributed by atoms with van der Waals surface area (Å²) in [5, 5.41) is 0. The molecule has 1 amide bonds. The third-order valence-electron chi connectivity index (χ3n) is 5.53. The Labute approximate surface area is 172 Å². The first-order valence-electron chi connectivity index (χ1n) is 10.3. The van der Waals surface area contributed by atoms with Crippen LogP contribution in [0.5, 0.6) is 0 Å². The summed E-state index contributed by atoms with van der Waals surface area (Å²) >= 11 is 0. The van der Waals surface area contributed by atoms with Crippen molar-refractivity contribution in [2.24, 2.45) is 0 Å². The molecule has 4 heteroatoms. The maximum atomic E-state index is 12.8. The molecule has 0 aliphatic carbocycles. The molecular formula is C25H27N3O. The number of benzene rings is 1. The predicted molar refractivity (Wildman–Crippen MR) is 115 cm³/mol. The average Bonchev–Trinajstić information content (AvgIpc) is 2.73. The van der Waals surface area contributed by atoms with E-state index in [-0.39, 0.29) is 11.8 Å². The fourth-order valence-corrected chi connectivity index (χ4v) is 4.19. The van der Waals surface area contributed by atoms with Crippen LogP contribution < -0.4 is 0 Å². The predicted octanol–water partition coefficient (Wildman–Crippen LogP) is 4.70. The lowest BCUT2D eigenvalue weighted by atomic mass is 9.92. The van der Waals surface area contributed by atoms with Gasteiger partial charge in [-0.2, -0.15) is 0 Å². The van der Waals surface area contributed by atoms with Crippen LogP contribution in [-0.4, -0.2) is 33.9 Å². The van der Waals surface area contributed by atoms with Crippen molar-refractivity contribution in [2.75, 3.05) is 13.1 Å². The van der Waals surface area contributed by atoms with Crippen LogP contribution >= 0.6 is 0 Å². The second-order valence-electron chi connectivity index (χ2n) is 8.01. The van der Waals surface area contributed by atoms with Gasteiger partial charge in [0.1, 0.15) is 5.69 Å². The van der Waals surface area contributed by atoms with Gasteiger partial charge < -0.3 is 4.90 Å². The number of aromatic nitrogens is 2. The number of hydrogen-bond donors (Lipinski definition) is 0. The van der Waals surface area contributed by atoms with E-state index in [0.717, 1.165) is 37.2 Å². The standard InChI is InChI=1S/C25H27N3O/c1-18-7-5-8-20(13-18)15-21-14-19(2)27-24(16-21)22-9-6-12-28(17-22)25(29)23-10-3-4-11-26-23/h3-5,7-8,10-11,13-14,16,22H,6,9,12,15,17H2,1-2H3/t22-/m0/s1. The minimum absolute atomic E-state index is 0.0166. The first-order valence-corrected chi connectivity index (χ1v) is 10.3. The fourth-order valence-electron chi connectivity index (χ4n) is 4.19. The number of rotatable bonds is 4. The molecule has 0 unspecified atom stereocenters. The molecule has 0 radical (unpaired) electrons. The largest absolute Gasteiger partial charge is 0.337 e. The normalized spacial score (nSPS) is 16.6. The SMILES string of the molecule is Cc1cccc(Cc2cc(C)nc([C@H]3CCCN(C(=O)c4ccccn4)C3)c2)c1. The lowest BCUT2D eigenvalue weighted by Crippen LogP contribution is -2.39. The Hall–Kier alpha value is -3.01. The summed E-state index contributed by atoms with van der Waals surface area (Å²) in [4.78, 5) is 23.8. The molecule has 0 spiro atoms. The van der Waals surface area contributed by atoms with Gasteiger partial charge in [0.25, 0.3) is 5.91 Å². The monoisotopic (exact) mass is 385 g/mol. The summed E-state index contributed by atoms with van der Waals surface area (Å²) in [7, 11) is 0. The van der Waals surface area contributed by atoms with Gasteiger partial charge in [0.15, 0.2) is 0 Å². The highest BCUT2D eigenvalue weighted by atomic mass is 16.2. The van der Waals surface area contributed by atoms with Gasteiger partial charge in [-0.05, 0) is 68.5 Å². The average molecular weight is 386 g/mol. The summed E-state index contributed by atoms with van der Waals surface area (Å²) < 4.78 is 0. The van der Waals surface area contributed by atoms with Crippen molar-refractivity contribution in [3.8, 4) is 0 Å². The van der Waals surface area contributed by atoms with Crippen molar-refractivity contribution in [1.82, 2.24) is 14.9 Å². The Morgan fingerprint density at radius 3 is 2.76 bits per heavy atom. The number of likely N-dealkylation sites (tertiary alicyclic amines) is 1. The molecule has 3 aromatic rings. The Bertz CT molecular complexity index is 1000. The van der Waals surface area contributed by atoms with Gasteiger partial charge in [0.2, 0.25) is 0 Å². The number of nitrogens with zero attached hydrogens (tertiary/aromatic N) is 3. The zero-order valence-electron chi connectivity index (χ0n) is 17.1. The van der Waals surface area contributed by atoms with Crippen LogP contribution in [0.4, 0.5) is 0 Å². The molecule has 4 rings (SSSR count). The second kappa shape index (κ2) is 8.56. The van der Waals surface area contributed by atoms with Crippen LogP contribution in [0.25, 0.3) is 0 Å². The highest BCUT2D eigenvalue weighted by Crippen LogP contribution is 2.28. The maximum absolute atomic E-state index is 12.8. The third kappa shape index (κ3) is 4.70. The summed E-state index contributed by atoms with van der Waals surface area (Å²) in [6, 6.07) is 18.5. The number of aryl methyl sites for hydroxylation is 2. The van der Waals surface area contributed by atoms with Gasteiger partial charge in [-0.15, -0.1) is 0 Å². The van der Waals surface area contributed by atoms with Crippen LogP contribution in [0, 0.1) is 13.8 Å². The van der Waals surface area contributed by atoms with Crippen molar-refractivity contribution < 1.29 is 4.79 Å². The molecular weight excluding hydrogens is 358 g/mol. The summed E-state index contributed by atoms with van der Waals surface area (Å²) in [6.07, 6.45) is 4.63. The Balaban J connectivity index is 1.53. The molecule has 1 aliphatic heterocycles. The third-order valence-corrected chi connectivity index (χ3v) is 5.53. The Kier molecular flexibility index (Phi) is 5.70. The van der Waals surface area contributed by atoms with E-state index in [1.165, 1.54) is 16.7 Å². The van der Waals surface area contributed by atoms with Crippen molar-refractivity contribution in [2.45, 2.75) is 39.0 Å². The summed E-state index contributed by atoms with van der Waals surface area (Å²) in [5.74, 6) is 0.288. The molecule has 1 aromatic carbocycles. The van der Waals surface area contributed by atoms with Gasteiger partial charge in [-0.1, -0.05) is 35.9 Å². The minimum atomic E-state index is 0.0166. The van der Waals surface area contributed by atoms with Crippen molar-refractivity contribution in [3.05, 3.63) is 94.6 Å². The molecule has 1 atom stereocenters. The number of carbonyl (C=O) groups excluding carboxylic acids is 1. The first kappa shape index (κ1) is 19.3. The van der Waals surface area contributed by atoms with Crippen LogP contribution in [0.1, 0.15) is 57.3 Å². The molecule has 1 saturated heterocycles. The highest BCUT2D eigenvalue weighted by Gasteiger charge is 2.27. The van der Waals surface area contributed by atoms with Gasteiger partial charge in [-0.3, -0.25) is 14.8 Å². The second-order valence-corrected chi connectivity index (χ2v) is 8.01. The lowest BCUT2D eigenvalue weighted by Gasteiger charge is -2.32. The molecule has 0 saturated carbocycles. The first-order chi connectivity index (χ1) is 14.1. The van der Waals surface area contributed by atoms with E-state index in [0.29, 0.717) is 12.2 Å². The van der Waals surface area contributed by atoms with E-state index in [2.05, 4.69) is 55.2 Å². The highest BCUT2D eigenvalue weighted by molar-refractivity contribution is 5.92. The van der Waals surface area contributed by atoms with Gasteiger partial charge in [0, 0.05) is 36.6 Å². The number of amides is 1. The molecule has 0 bridgehead atoms. The van der Waals surface area contributed by atoms with E-state index in [1.807, 2.05) is 17.0 Å². The maximum Gasteiger partial charge on any atom is 0.272 e. The van der Waals surface area contributed by atoms with Crippen molar-refractivity contribution in [1.29, 1.82) is 0 Å². The minimum Gasteiger partial charge on any atom is -0.337 e. The molecule has 1 aliphatic rings. The van der Waals surface area contributed by atoms with Crippen molar-refractivity contribution in [3.63, 3.8) is 0 Å². The van der Waals surface area contributed by atoms with Gasteiger partial charge >= 0.3 is 0 Å². The fraction of sp³-hybridized carbons (Fsp3) is 0.320. The number of pyridine rings is 2. The molecule has 0 N–H and O–H groups in total. The van der Waals surface area contributed by atoms with Crippen LogP contribution in [0.15, 0.2) is 60.8 Å². The Morgan fingerprint density at radius 1 is 1.07 bits per heavy atom.